The maximum Gasteiger partial charge on any atom is 0.168 e. The number of hydrogen-bond donors (Lipinski definition) is 0. The Kier molecular flexibility index (Phi) is 19.9. The van der Waals surface area contributed by atoms with Crippen LogP contribution in [-0.4, -0.2) is 5.97 Å². The fourth-order valence-electron chi connectivity index (χ4n) is 3.07. The molecule has 0 aromatic carbocycles. The van der Waals surface area contributed by atoms with Crippen LogP contribution in [0.3, 0.4) is 0 Å². The van der Waals surface area contributed by atoms with E-state index in [1.54, 1.807) is 0 Å². The van der Waals surface area contributed by atoms with Crippen molar-refractivity contribution in [3.8, 4) is 0 Å². The molecule has 0 bridgehead atoms. The van der Waals surface area contributed by atoms with Gasteiger partial charge in [-0.3, -0.25) is 0 Å². The Balaban J connectivity index is 0.00000119. The average Bonchev–Trinajstić information content (AvgIpc) is 2.69. The second kappa shape index (κ2) is 20.9. The molecule has 1 aromatic rings. The fourth-order valence-corrected chi connectivity index (χ4v) is 3.07. The van der Waals surface area contributed by atoms with E-state index in [-0.39, 0.29) is 6.42 Å². The first kappa shape index (κ1) is 25.6. The van der Waals surface area contributed by atoms with Gasteiger partial charge in [0, 0.05) is 24.5 Å². The Morgan fingerprint density at radius 3 is 1.41 bits per heavy atom. The summed E-state index contributed by atoms with van der Waals surface area (Å²) in [5.74, 6) is -0.995. The molecule has 0 aliphatic carbocycles. The molecule has 156 valence electrons. The number of aryl methyl sites for hydroxylation is 1. The van der Waals surface area contributed by atoms with Crippen molar-refractivity contribution in [2.24, 2.45) is 0 Å². The highest BCUT2D eigenvalue weighted by molar-refractivity contribution is 5.63. The zero-order valence-electron chi connectivity index (χ0n) is 18.0. The van der Waals surface area contributed by atoms with Gasteiger partial charge in [0.2, 0.25) is 0 Å². The topological polar surface area (TPSA) is 44.0 Å². The zero-order valence-corrected chi connectivity index (χ0v) is 18.0. The van der Waals surface area contributed by atoms with Crippen LogP contribution in [0.2, 0.25) is 0 Å². The quantitative estimate of drug-likeness (QED) is 0.278. The van der Waals surface area contributed by atoms with E-state index in [9.17, 15) is 9.90 Å². The number of rotatable bonds is 16. The lowest BCUT2D eigenvalue weighted by molar-refractivity contribution is -0.697. The molecule has 0 spiro atoms. The lowest BCUT2D eigenvalue weighted by Gasteiger charge is -2.02. The molecule has 0 aliphatic rings. The number of unbranched alkanes of at least 4 members (excludes halogenated alkanes) is 13. The van der Waals surface area contributed by atoms with E-state index in [1.165, 1.54) is 103 Å². The molecule has 0 amide bonds. The van der Waals surface area contributed by atoms with Crippen molar-refractivity contribution in [1.29, 1.82) is 0 Å². The van der Waals surface area contributed by atoms with Crippen molar-refractivity contribution in [3.05, 3.63) is 30.6 Å². The minimum absolute atomic E-state index is 0.111. The average molecular weight is 378 g/mol. The highest BCUT2D eigenvalue weighted by atomic mass is 16.4. The number of carbonyl (C=O) groups excluding carboxylic acids is 1. The summed E-state index contributed by atoms with van der Waals surface area (Å²) < 4.78 is 2.29. The standard InChI is InChI=1S/C21H38N.C3H6O2/c1-2-3-4-5-6-7-8-9-10-11-12-13-14-16-19-22-20-17-15-18-21-22;1-2-3(4)5/h15,17-18,20-21H,2-14,16,19H2,1H3;2H2,1H3,(H,4,5)/q+1;/p-1. The van der Waals surface area contributed by atoms with Crippen molar-refractivity contribution in [3.63, 3.8) is 0 Å². The van der Waals surface area contributed by atoms with Gasteiger partial charge in [0.15, 0.2) is 12.4 Å². The second-order valence-electron chi connectivity index (χ2n) is 7.44. The van der Waals surface area contributed by atoms with E-state index in [2.05, 4.69) is 42.1 Å². The van der Waals surface area contributed by atoms with Gasteiger partial charge in [0.05, 0.1) is 0 Å². The van der Waals surface area contributed by atoms with Gasteiger partial charge in [-0.05, 0) is 12.8 Å². The summed E-state index contributed by atoms with van der Waals surface area (Å²) in [4.78, 5) is 9.26. The first-order chi connectivity index (χ1) is 13.2. The van der Waals surface area contributed by atoms with Crippen molar-refractivity contribution in [2.45, 2.75) is 117 Å². The number of aliphatic carboxylic acids is 1. The molecule has 0 aliphatic heterocycles. The molecule has 0 N–H and O–H groups in total. The van der Waals surface area contributed by atoms with Crippen LogP contribution in [0.25, 0.3) is 0 Å². The predicted octanol–water partition coefficient (Wildman–Crippen LogP) is 5.60. The number of carboxylic acid groups (broad SMARTS) is 1. The van der Waals surface area contributed by atoms with Crippen LogP contribution in [0, 0.1) is 0 Å². The van der Waals surface area contributed by atoms with E-state index < -0.39 is 5.97 Å². The number of pyridine rings is 1. The van der Waals surface area contributed by atoms with Crippen LogP contribution in [0.5, 0.6) is 0 Å². The molecule has 0 saturated carbocycles. The maximum absolute atomic E-state index is 9.26. The minimum Gasteiger partial charge on any atom is -0.550 e. The van der Waals surface area contributed by atoms with Crippen molar-refractivity contribution >= 4 is 5.97 Å². The van der Waals surface area contributed by atoms with Crippen LogP contribution >= 0.6 is 0 Å². The molecule has 0 unspecified atom stereocenters. The summed E-state index contributed by atoms with van der Waals surface area (Å²) in [5.41, 5.74) is 0. The largest absolute Gasteiger partial charge is 0.550 e. The molecule has 0 atom stereocenters. The Labute approximate surface area is 168 Å². The normalized spacial score (nSPS) is 10.3. The molecule has 27 heavy (non-hydrogen) atoms. The van der Waals surface area contributed by atoms with Gasteiger partial charge in [0.1, 0.15) is 6.54 Å². The molecule has 0 saturated heterocycles. The number of aromatic nitrogens is 1. The summed E-state index contributed by atoms with van der Waals surface area (Å²) in [5, 5.41) is 9.26. The molecule has 1 aromatic heterocycles. The fraction of sp³-hybridized carbons (Fsp3) is 0.750. The van der Waals surface area contributed by atoms with Crippen molar-refractivity contribution in [1.82, 2.24) is 0 Å². The lowest BCUT2D eigenvalue weighted by atomic mass is 10.0. The maximum atomic E-state index is 9.26. The number of carbonyl (C=O) groups is 1. The highest BCUT2D eigenvalue weighted by Gasteiger charge is 1.98. The van der Waals surface area contributed by atoms with Crippen LogP contribution in [0.15, 0.2) is 30.6 Å². The van der Waals surface area contributed by atoms with Gasteiger partial charge in [-0.1, -0.05) is 97.0 Å². The summed E-state index contributed by atoms with van der Waals surface area (Å²) >= 11 is 0. The number of nitrogens with zero attached hydrogens (tertiary/aromatic N) is 1. The SMILES string of the molecule is CCC(=O)[O-].CCCCCCCCCCCCCCCC[n+]1ccccc1. The molecular formula is C24H43NO2. The summed E-state index contributed by atoms with van der Waals surface area (Å²) in [6.45, 7) is 5.01. The van der Waals surface area contributed by atoms with Gasteiger partial charge in [-0.25, -0.2) is 4.57 Å². The first-order valence-corrected chi connectivity index (χ1v) is 11.3. The van der Waals surface area contributed by atoms with Crippen LogP contribution < -0.4 is 9.67 Å². The third kappa shape index (κ3) is 20.8. The van der Waals surface area contributed by atoms with Gasteiger partial charge in [-0.15, -0.1) is 0 Å². The van der Waals surface area contributed by atoms with Gasteiger partial charge < -0.3 is 9.90 Å². The minimum atomic E-state index is -0.995. The van der Waals surface area contributed by atoms with E-state index >= 15 is 0 Å². The molecule has 1 heterocycles. The Morgan fingerprint density at radius 1 is 0.667 bits per heavy atom. The predicted molar refractivity (Wildman–Crippen MR) is 112 cm³/mol. The van der Waals surface area contributed by atoms with Crippen molar-refractivity contribution in [2.75, 3.05) is 0 Å². The summed E-state index contributed by atoms with van der Waals surface area (Å²) in [6.07, 6.45) is 24.5. The lowest BCUT2D eigenvalue weighted by Crippen LogP contribution is -2.32. The Hall–Kier alpha value is -1.38. The van der Waals surface area contributed by atoms with Crippen LogP contribution in [0.1, 0.15) is 110 Å². The molecule has 1 rings (SSSR count). The van der Waals surface area contributed by atoms with Gasteiger partial charge in [0.25, 0.3) is 0 Å². The van der Waals surface area contributed by atoms with Crippen LogP contribution in [-0.2, 0) is 11.3 Å². The van der Waals surface area contributed by atoms with Crippen LogP contribution in [0.4, 0.5) is 0 Å². The van der Waals surface area contributed by atoms with E-state index in [0.717, 1.165) is 0 Å². The molecule has 3 heteroatoms. The van der Waals surface area contributed by atoms with E-state index in [4.69, 9.17) is 0 Å². The first-order valence-electron chi connectivity index (χ1n) is 11.3. The molecule has 0 radical (unpaired) electrons. The Bertz CT molecular complexity index is 420. The number of hydrogen-bond acceptors (Lipinski definition) is 2. The van der Waals surface area contributed by atoms with Crippen molar-refractivity contribution < 1.29 is 14.5 Å². The molecule has 3 nitrogen and oxygen atoms in total. The number of carboxylic acids is 1. The third-order valence-electron chi connectivity index (χ3n) is 4.84. The van der Waals surface area contributed by atoms with Gasteiger partial charge in [-0.2, -0.15) is 0 Å². The third-order valence-corrected chi connectivity index (χ3v) is 4.84. The van der Waals surface area contributed by atoms with E-state index in [1.807, 2.05) is 0 Å². The molecule has 0 fully saturated rings. The Morgan fingerprint density at radius 2 is 1.04 bits per heavy atom. The van der Waals surface area contributed by atoms with Gasteiger partial charge >= 0.3 is 0 Å². The second-order valence-corrected chi connectivity index (χ2v) is 7.44. The smallest absolute Gasteiger partial charge is 0.168 e. The zero-order chi connectivity index (χ0) is 20.0. The monoisotopic (exact) mass is 377 g/mol. The molecular weight excluding hydrogens is 334 g/mol. The van der Waals surface area contributed by atoms with E-state index in [0.29, 0.717) is 0 Å². The highest BCUT2D eigenvalue weighted by Crippen LogP contribution is 2.12. The summed E-state index contributed by atoms with van der Waals surface area (Å²) in [6, 6.07) is 6.31. The summed E-state index contributed by atoms with van der Waals surface area (Å²) in [7, 11) is 0.